The lowest BCUT2D eigenvalue weighted by atomic mass is 9.98. The zero-order valence-corrected chi connectivity index (χ0v) is 20.3. The molecule has 0 saturated heterocycles. The Morgan fingerprint density at radius 3 is 2.29 bits per heavy atom. The molecule has 1 aliphatic rings. The number of thiazole rings is 1. The SMILES string of the molecule is CCCC(NC(=O)c1csc(C(C)NC(=O)OCC2c3ccccc3-c3ccccc32)n1)C(=O)O. The van der Waals surface area contributed by atoms with Crippen molar-refractivity contribution >= 4 is 29.3 Å². The summed E-state index contributed by atoms with van der Waals surface area (Å²) in [5, 5.41) is 16.6. The standard InChI is InChI=1S/C26H27N3O5S/c1-3-8-21(25(31)32)28-23(30)22-14-35-24(29-22)15(2)27-26(33)34-13-20-18-11-6-4-9-16(18)17-10-5-7-12-19(17)20/h4-7,9-12,14-15,20-21H,3,8,13H2,1-2H3,(H,27,33)(H,28,30)(H,31,32). The molecule has 9 heteroatoms. The molecule has 35 heavy (non-hydrogen) atoms. The highest BCUT2D eigenvalue weighted by Crippen LogP contribution is 2.44. The maximum absolute atomic E-state index is 12.5. The van der Waals surface area contributed by atoms with Gasteiger partial charge in [0.15, 0.2) is 0 Å². The molecule has 2 atom stereocenters. The molecule has 2 aromatic carbocycles. The van der Waals surface area contributed by atoms with Gasteiger partial charge in [0.1, 0.15) is 23.4 Å². The van der Waals surface area contributed by atoms with Crippen LogP contribution in [0.15, 0.2) is 53.9 Å². The molecule has 0 fully saturated rings. The first-order chi connectivity index (χ1) is 16.9. The van der Waals surface area contributed by atoms with Crippen LogP contribution < -0.4 is 10.6 Å². The lowest BCUT2D eigenvalue weighted by molar-refractivity contribution is -0.139. The molecule has 182 valence electrons. The van der Waals surface area contributed by atoms with E-state index < -0.39 is 30.1 Å². The third-order valence-electron chi connectivity index (χ3n) is 5.98. The number of carbonyl (C=O) groups is 3. The van der Waals surface area contributed by atoms with Gasteiger partial charge in [-0.05, 0) is 35.6 Å². The highest BCUT2D eigenvalue weighted by atomic mass is 32.1. The zero-order valence-electron chi connectivity index (χ0n) is 19.5. The van der Waals surface area contributed by atoms with E-state index in [1.165, 1.54) is 11.3 Å². The predicted octanol–water partition coefficient (Wildman–Crippen LogP) is 4.73. The Hall–Kier alpha value is -3.72. The molecule has 0 saturated carbocycles. The monoisotopic (exact) mass is 493 g/mol. The molecule has 1 aliphatic carbocycles. The smallest absolute Gasteiger partial charge is 0.407 e. The van der Waals surface area contributed by atoms with Gasteiger partial charge in [-0.25, -0.2) is 14.6 Å². The minimum absolute atomic E-state index is 0.0380. The maximum Gasteiger partial charge on any atom is 0.407 e. The van der Waals surface area contributed by atoms with Crippen molar-refractivity contribution in [3.05, 3.63) is 75.7 Å². The van der Waals surface area contributed by atoms with E-state index in [4.69, 9.17) is 4.74 Å². The Kier molecular flexibility index (Phi) is 7.45. The molecule has 0 bridgehead atoms. The Morgan fingerprint density at radius 1 is 1.06 bits per heavy atom. The summed E-state index contributed by atoms with van der Waals surface area (Å²) >= 11 is 1.21. The molecule has 3 aromatic rings. The number of alkyl carbamates (subject to hydrolysis) is 1. The molecular formula is C26H27N3O5S. The highest BCUT2D eigenvalue weighted by molar-refractivity contribution is 7.09. The van der Waals surface area contributed by atoms with E-state index in [1.54, 1.807) is 12.3 Å². The third-order valence-corrected chi connectivity index (χ3v) is 7.01. The fraction of sp³-hybridized carbons (Fsp3) is 0.308. The van der Waals surface area contributed by atoms with Crippen LogP contribution in [0, 0.1) is 0 Å². The van der Waals surface area contributed by atoms with Gasteiger partial charge in [0, 0.05) is 11.3 Å². The van der Waals surface area contributed by atoms with Crippen LogP contribution in [0.2, 0.25) is 0 Å². The van der Waals surface area contributed by atoms with Gasteiger partial charge in [-0.1, -0.05) is 61.9 Å². The number of benzene rings is 2. The molecule has 1 heterocycles. The fourth-order valence-electron chi connectivity index (χ4n) is 4.25. The second-order valence-electron chi connectivity index (χ2n) is 8.42. The molecule has 3 N–H and O–H groups in total. The van der Waals surface area contributed by atoms with E-state index in [0.29, 0.717) is 17.8 Å². The van der Waals surface area contributed by atoms with E-state index in [2.05, 4.69) is 39.9 Å². The minimum atomic E-state index is -1.08. The van der Waals surface area contributed by atoms with Crippen LogP contribution in [-0.4, -0.2) is 40.7 Å². The van der Waals surface area contributed by atoms with Crippen molar-refractivity contribution in [2.75, 3.05) is 6.61 Å². The second-order valence-corrected chi connectivity index (χ2v) is 9.31. The van der Waals surface area contributed by atoms with Crippen molar-refractivity contribution in [3.63, 3.8) is 0 Å². The van der Waals surface area contributed by atoms with Crippen LogP contribution in [0.3, 0.4) is 0 Å². The van der Waals surface area contributed by atoms with E-state index in [-0.39, 0.29) is 18.2 Å². The number of amides is 2. The number of fused-ring (bicyclic) bond motifs is 3. The average Bonchev–Trinajstić information content (AvgIpc) is 3.46. The Morgan fingerprint density at radius 2 is 1.69 bits per heavy atom. The van der Waals surface area contributed by atoms with Gasteiger partial charge in [-0.2, -0.15) is 0 Å². The average molecular weight is 494 g/mol. The number of carboxylic acids is 1. The van der Waals surface area contributed by atoms with Crippen molar-refractivity contribution < 1.29 is 24.2 Å². The summed E-state index contributed by atoms with van der Waals surface area (Å²) < 4.78 is 5.57. The van der Waals surface area contributed by atoms with Crippen molar-refractivity contribution in [1.82, 2.24) is 15.6 Å². The second kappa shape index (κ2) is 10.7. The summed E-state index contributed by atoms with van der Waals surface area (Å²) in [4.78, 5) is 40.5. The summed E-state index contributed by atoms with van der Waals surface area (Å²) in [6.07, 6.45) is 0.382. The Bertz CT molecular complexity index is 1200. The number of carbonyl (C=O) groups excluding carboxylic acids is 2. The van der Waals surface area contributed by atoms with Crippen molar-refractivity contribution in [2.24, 2.45) is 0 Å². The maximum atomic E-state index is 12.5. The lowest BCUT2D eigenvalue weighted by Gasteiger charge is -2.16. The van der Waals surface area contributed by atoms with Crippen LogP contribution in [-0.2, 0) is 9.53 Å². The largest absolute Gasteiger partial charge is 0.480 e. The normalized spacial score (nSPS) is 13.9. The number of rotatable bonds is 9. The van der Waals surface area contributed by atoms with Crippen LogP contribution in [0.1, 0.15) is 65.3 Å². The predicted molar refractivity (Wildman–Crippen MR) is 133 cm³/mol. The molecule has 2 amide bonds. The summed E-state index contributed by atoms with van der Waals surface area (Å²) in [7, 11) is 0. The lowest BCUT2D eigenvalue weighted by Crippen LogP contribution is -2.40. The minimum Gasteiger partial charge on any atom is -0.480 e. The van der Waals surface area contributed by atoms with Gasteiger partial charge in [0.2, 0.25) is 0 Å². The summed E-state index contributed by atoms with van der Waals surface area (Å²) in [6, 6.07) is 14.8. The number of nitrogens with zero attached hydrogens (tertiary/aromatic N) is 1. The van der Waals surface area contributed by atoms with Gasteiger partial charge < -0.3 is 20.5 Å². The van der Waals surface area contributed by atoms with Gasteiger partial charge >= 0.3 is 12.1 Å². The van der Waals surface area contributed by atoms with E-state index >= 15 is 0 Å². The number of nitrogens with one attached hydrogen (secondary N) is 2. The Labute approximate surface area is 207 Å². The Balaban J connectivity index is 1.35. The molecule has 0 aliphatic heterocycles. The third kappa shape index (κ3) is 5.35. The van der Waals surface area contributed by atoms with Crippen molar-refractivity contribution in [2.45, 2.75) is 44.7 Å². The van der Waals surface area contributed by atoms with Crippen LogP contribution in [0.5, 0.6) is 0 Å². The molecule has 2 unspecified atom stereocenters. The quantitative estimate of drug-likeness (QED) is 0.397. The molecule has 4 rings (SSSR count). The number of hydrogen-bond donors (Lipinski definition) is 3. The van der Waals surface area contributed by atoms with Gasteiger partial charge in [0.25, 0.3) is 5.91 Å². The van der Waals surface area contributed by atoms with E-state index in [9.17, 15) is 19.5 Å². The summed E-state index contributed by atoms with van der Waals surface area (Å²) in [5.74, 6) is -1.67. The first-order valence-corrected chi connectivity index (χ1v) is 12.4. The first kappa shape index (κ1) is 24.4. The van der Waals surface area contributed by atoms with E-state index in [1.807, 2.05) is 31.2 Å². The van der Waals surface area contributed by atoms with Crippen molar-refractivity contribution in [3.8, 4) is 11.1 Å². The zero-order chi connectivity index (χ0) is 24.9. The van der Waals surface area contributed by atoms with Gasteiger partial charge in [0.05, 0.1) is 6.04 Å². The van der Waals surface area contributed by atoms with Crippen LogP contribution >= 0.6 is 11.3 Å². The summed E-state index contributed by atoms with van der Waals surface area (Å²) in [6.45, 7) is 3.80. The van der Waals surface area contributed by atoms with Crippen LogP contribution in [0.4, 0.5) is 4.79 Å². The number of carboxylic acid groups (broad SMARTS) is 1. The van der Waals surface area contributed by atoms with Gasteiger partial charge in [-0.3, -0.25) is 4.79 Å². The van der Waals surface area contributed by atoms with Crippen molar-refractivity contribution in [1.29, 1.82) is 0 Å². The molecule has 0 radical (unpaired) electrons. The topological polar surface area (TPSA) is 118 Å². The molecule has 1 aromatic heterocycles. The fourth-order valence-corrected chi connectivity index (χ4v) is 5.05. The van der Waals surface area contributed by atoms with E-state index in [0.717, 1.165) is 22.3 Å². The first-order valence-electron chi connectivity index (χ1n) is 11.5. The number of aromatic nitrogens is 1. The summed E-state index contributed by atoms with van der Waals surface area (Å²) in [5.41, 5.74) is 4.69. The number of ether oxygens (including phenoxy) is 1. The number of aliphatic carboxylic acids is 1. The van der Waals surface area contributed by atoms with Crippen LogP contribution in [0.25, 0.3) is 11.1 Å². The van der Waals surface area contributed by atoms with Gasteiger partial charge in [-0.15, -0.1) is 11.3 Å². The highest BCUT2D eigenvalue weighted by Gasteiger charge is 2.29. The molecular weight excluding hydrogens is 466 g/mol. The molecule has 0 spiro atoms. The molecule has 8 nitrogen and oxygen atoms in total. The number of hydrogen-bond acceptors (Lipinski definition) is 6.